The Bertz CT molecular complexity index is 1190. The highest BCUT2D eigenvalue weighted by atomic mass is 19.1. The zero-order valence-electron chi connectivity index (χ0n) is 16.8. The summed E-state index contributed by atoms with van der Waals surface area (Å²) in [5, 5.41) is 3.14. The molecule has 0 saturated carbocycles. The summed E-state index contributed by atoms with van der Waals surface area (Å²) in [6.07, 6.45) is 3.97. The fourth-order valence-electron chi connectivity index (χ4n) is 3.38. The van der Waals surface area contributed by atoms with Crippen LogP contribution < -0.4 is 16.6 Å². The topological polar surface area (TPSA) is 96.7 Å². The van der Waals surface area contributed by atoms with E-state index in [-0.39, 0.29) is 17.4 Å². The Kier molecular flexibility index (Phi) is 6.14. The lowest BCUT2D eigenvalue weighted by atomic mass is 10.0. The number of nitrogens with zero attached hydrogens (tertiary/aromatic N) is 2. The Hall–Kier alpha value is -3.84. The summed E-state index contributed by atoms with van der Waals surface area (Å²) in [6.45, 7) is 0.434. The second-order valence-electron chi connectivity index (χ2n) is 7.21. The first-order valence-electron chi connectivity index (χ1n) is 9.94. The van der Waals surface area contributed by atoms with Crippen LogP contribution in [-0.2, 0) is 6.42 Å². The molecule has 1 atom stereocenters. The van der Waals surface area contributed by atoms with E-state index in [2.05, 4.69) is 20.3 Å². The number of hydrogen-bond acceptors (Lipinski definition) is 5. The summed E-state index contributed by atoms with van der Waals surface area (Å²) in [6, 6.07) is 19.1. The second kappa shape index (κ2) is 9.32. The molecule has 7 heteroatoms. The quantitative estimate of drug-likeness (QED) is 0.428. The Morgan fingerprint density at radius 1 is 0.968 bits per heavy atom. The minimum atomic E-state index is -0.371. The normalized spacial score (nSPS) is 11.8. The van der Waals surface area contributed by atoms with Crippen molar-refractivity contribution in [2.45, 2.75) is 12.5 Å². The van der Waals surface area contributed by atoms with Gasteiger partial charge in [-0.25, -0.2) is 9.37 Å². The minimum absolute atomic E-state index is 0.158. The van der Waals surface area contributed by atoms with Gasteiger partial charge in [0.15, 0.2) is 0 Å². The van der Waals surface area contributed by atoms with Crippen LogP contribution in [0.4, 0.5) is 10.3 Å². The SMILES string of the molecule is N[C@H](CNc1nc(-c2ccncc2)c(-c2ccc(F)cc2)c(=O)[nH]1)Cc1ccccc1. The molecule has 0 radical (unpaired) electrons. The van der Waals surface area contributed by atoms with Gasteiger partial charge in [0.05, 0.1) is 11.3 Å². The highest BCUT2D eigenvalue weighted by Gasteiger charge is 2.16. The van der Waals surface area contributed by atoms with Gasteiger partial charge in [0.25, 0.3) is 5.56 Å². The predicted octanol–water partition coefficient (Wildman–Crippen LogP) is 3.62. The van der Waals surface area contributed by atoms with Crippen LogP contribution in [0.5, 0.6) is 0 Å². The lowest BCUT2D eigenvalue weighted by Crippen LogP contribution is -2.32. The number of aromatic amines is 1. The number of hydrogen-bond donors (Lipinski definition) is 3. The van der Waals surface area contributed by atoms with Gasteiger partial charge in [0, 0.05) is 30.5 Å². The molecule has 0 spiro atoms. The molecule has 2 heterocycles. The van der Waals surface area contributed by atoms with Gasteiger partial charge in [-0.1, -0.05) is 42.5 Å². The van der Waals surface area contributed by atoms with E-state index in [9.17, 15) is 9.18 Å². The highest BCUT2D eigenvalue weighted by molar-refractivity contribution is 5.80. The van der Waals surface area contributed by atoms with Crippen molar-refractivity contribution in [2.24, 2.45) is 5.73 Å². The van der Waals surface area contributed by atoms with E-state index < -0.39 is 0 Å². The summed E-state index contributed by atoms with van der Waals surface area (Å²) in [5.74, 6) is -0.0459. The number of nitrogens with one attached hydrogen (secondary N) is 2. The molecule has 0 amide bonds. The van der Waals surface area contributed by atoms with Crippen molar-refractivity contribution in [1.82, 2.24) is 15.0 Å². The fourth-order valence-corrected chi connectivity index (χ4v) is 3.38. The third kappa shape index (κ3) is 5.02. The molecule has 0 fully saturated rings. The summed E-state index contributed by atoms with van der Waals surface area (Å²) in [5.41, 5.74) is 9.23. The van der Waals surface area contributed by atoms with Crippen molar-refractivity contribution in [1.29, 1.82) is 0 Å². The van der Waals surface area contributed by atoms with Gasteiger partial charge in [-0.15, -0.1) is 0 Å². The van der Waals surface area contributed by atoms with Crippen molar-refractivity contribution in [3.63, 3.8) is 0 Å². The van der Waals surface area contributed by atoms with Crippen molar-refractivity contribution >= 4 is 5.95 Å². The smallest absolute Gasteiger partial charge is 0.260 e. The number of benzene rings is 2. The van der Waals surface area contributed by atoms with Crippen LogP contribution >= 0.6 is 0 Å². The van der Waals surface area contributed by atoms with Gasteiger partial charge in [0.2, 0.25) is 5.95 Å². The molecule has 4 N–H and O–H groups in total. The Morgan fingerprint density at radius 2 is 1.68 bits per heavy atom. The van der Waals surface area contributed by atoms with Crippen LogP contribution in [0.3, 0.4) is 0 Å². The number of halogens is 1. The molecule has 2 aromatic heterocycles. The van der Waals surface area contributed by atoms with E-state index in [0.717, 1.165) is 11.1 Å². The second-order valence-corrected chi connectivity index (χ2v) is 7.21. The summed E-state index contributed by atoms with van der Waals surface area (Å²) < 4.78 is 13.4. The summed E-state index contributed by atoms with van der Waals surface area (Å²) >= 11 is 0. The molecule has 0 saturated heterocycles. The zero-order chi connectivity index (χ0) is 21.6. The summed E-state index contributed by atoms with van der Waals surface area (Å²) in [4.78, 5) is 24.4. The lowest BCUT2D eigenvalue weighted by Gasteiger charge is -2.15. The average Bonchev–Trinajstić information content (AvgIpc) is 2.79. The number of aromatic nitrogens is 3. The molecule has 2 aromatic carbocycles. The van der Waals surface area contributed by atoms with Crippen LogP contribution in [0.1, 0.15) is 5.56 Å². The van der Waals surface area contributed by atoms with Crippen molar-refractivity contribution in [3.8, 4) is 22.4 Å². The largest absolute Gasteiger partial charge is 0.354 e. The third-order valence-corrected chi connectivity index (χ3v) is 4.88. The number of H-pyrrole nitrogens is 1. The first-order valence-corrected chi connectivity index (χ1v) is 9.94. The molecule has 0 aliphatic heterocycles. The van der Waals surface area contributed by atoms with Crippen LogP contribution in [0, 0.1) is 5.82 Å². The fraction of sp³-hybridized carbons (Fsp3) is 0.125. The predicted molar refractivity (Wildman–Crippen MR) is 120 cm³/mol. The summed E-state index contributed by atoms with van der Waals surface area (Å²) in [7, 11) is 0. The van der Waals surface area contributed by atoms with E-state index in [1.54, 1.807) is 36.7 Å². The molecule has 31 heavy (non-hydrogen) atoms. The number of anilines is 1. The monoisotopic (exact) mass is 415 g/mol. The number of pyridine rings is 1. The first-order chi connectivity index (χ1) is 15.1. The van der Waals surface area contributed by atoms with Gasteiger partial charge >= 0.3 is 0 Å². The van der Waals surface area contributed by atoms with Crippen LogP contribution in [0.25, 0.3) is 22.4 Å². The maximum Gasteiger partial charge on any atom is 0.260 e. The molecule has 0 unspecified atom stereocenters. The molecule has 4 aromatic rings. The van der Waals surface area contributed by atoms with Crippen LogP contribution in [0.2, 0.25) is 0 Å². The maximum atomic E-state index is 13.4. The van der Waals surface area contributed by atoms with E-state index in [0.29, 0.717) is 35.7 Å². The van der Waals surface area contributed by atoms with Gasteiger partial charge in [-0.05, 0) is 41.8 Å². The molecule has 0 bridgehead atoms. The molecular weight excluding hydrogens is 393 g/mol. The molecule has 0 aliphatic carbocycles. The number of rotatable bonds is 7. The third-order valence-electron chi connectivity index (χ3n) is 4.88. The van der Waals surface area contributed by atoms with Gasteiger partial charge in [-0.3, -0.25) is 14.8 Å². The first kappa shape index (κ1) is 20.4. The molecule has 6 nitrogen and oxygen atoms in total. The molecule has 4 rings (SSSR count). The van der Waals surface area contributed by atoms with Crippen molar-refractivity contribution < 1.29 is 4.39 Å². The standard InChI is InChI=1S/C24H22FN5O/c25-19-8-6-17(7-9-19)21-22(18-10-12-27-13-11-18)29-24(30-23(21)31)28-15-20(26)14-16-4-2-1-3-5-16/h1-13,20H,14-15,26H2,(H2,28,29,30,31)/t20-/m0/s1. The van der Waals surface area contributed by atoms with Crippen molar-refractivity contribution in [3.05, 3.63) is 101 Å². The van der Waals surface area contributed by atoms with Crippen LogP contribution in [0.15, 0.2) is 83.9 Å². The Morgan fingerprint density at radius 3 is 2.39 bits per heavy atom. The van der Waals surface area contributed by atoms with E-state index in [4.69, 9.17) is 5.73 Å². The molecule has 156 valence electrons. The number of nitrogens with two attached hydrogens (primary N) is 1. The Balaban J connectivity index is 1.63. The van der Waals surface area contributed by atoms with Crippen LogP contribution in [-0.4, -0.2) is 27.5 Å². The van der Waals surface area contributed by atoms with E-state index >= 15 is 0 Å². The van der Waals surface area contributed by atoms with Gasteiger partial charge in [0.1, 0.15) is 5.82 Å². The lowest BCUT2D eigenvalue weighted by molar-refractivity contribution is 0.628. The highest BCUT2D eigenvalue weighted by Crippen LogP contribution is 2.28. The van der Waals surface area contributed by atoms with Gasteiger partial charge < -0.3 is 11.1 Å². The average molecular weight is 415 g/mol. The van der Waals surface area contributed by atoms with E-state index in [1.165, 1.54) is 12.1 Å². The van der Waals surface area contributed by atoms with Crippen molar-refractivity contribution in [2.75, 3.05) is 11.9 Å². The zero-order valence-corrected chi connectivity index (χ0v) is 16.8. The minimum Gasteiger partial charge on any atom is -0.354 e. The van der Waals surface area contributed by atoms with E-state index in [1.807, 2.05) is 30.3 Å². The molecular formula is C24H22FN5O. The Labute approximate surface area is 179 Å². The van der Waals surface area contributed by atoms with Gasteiger partial charge in [-0.2, -0.15) is 0 Å². The maximum absolute atomic E-state index is 13.4. The molecule has 0 aliphatic rings.